The van der Waals surface area contributed by atoms with Crippen molar-refractivity contribution in [2.75, 3.05) is 26.4 Å². The first-order chi connectivity index (χ1) is 39.5. The van der Waals surface area contributed by atoms with Crippen molar-refractivity contribution in [1.29, 1.82) is 0 Å². The number of aromatic nitrogens is 1. The van der Waals surface area contributed by atoms with Gasteiger partial charge in [0.25, 0.3) is 0 Å². The zero-order valence-corrected chi connectivity index (χ0v) is 55.4. The molecule has 5 nitrogen and oxygen atoms in total. The highest BCUT2D eigenvalue weighted by molar-refractivity contribution is 9.10. The monoisotopic (exact) mass is 1230 g/mol. The van der Waals surface area contributed by atoms with E-state index in [1.807, 2.05) is 0 Å². The number of fused-ring (bicyclic) bond motifs is 3. The third kappa shape index (κ3) is 32.7. The number of rotatable bonds is 57. The number of unbranched alkanes of at least 4 members (excludes halogenated alkanes) is 42. The molecule has 3 aromatic carbocycles. The molecule has 1 aromatic heterocycles. The zero-order valence-electron chi connectivity index (χ0n) is 52.2. The van der Waals surface area contributed by atoms with Gasteiger partial charge in [0, 0.05) is 32.9 Å². The van der Waals surface area contributed by atoms with E-state index in [1.54, 1.807) is 0 Å². The summed E-state index contributed by atoms with van der Waals surface area (Å²) in [4.78, 5) is 0. The molecule has 80 heavy (non-hydrogen) atoms. The number of nitrogens with zero attached hydrogens (tertiary/aromatic N) is 1. The summed E-state index contributed by atoms with van der Waals surface area (Å²) < 4.78 is 31.4. The lowest BCUT2D eigenvalue weighted by Crippen LogP contribution is -2.08. The van der Waals surface area contributed by atoms with Gasteiger partial charge in [-0.25, -0.2) is 0 Å². The molecule has 0 unspecified atom stereocenters. The van der Waals surface area contributed by atoms with Crippen LogP contribution in [0, 0.1) is 0 Å². The van der Waals surface area contributed by atoms with Crippen LogP contribution in [0.3, 0.4) is 0 Å². The van der Waals surface area contributed by atoms with Crippen molar-refractivity contribution in [3.05, 3.63) is 63.0 Å². The molecule has 0 aliphatic rings. The van der Waals surface area contributed by atoms with Crippen molar-refractivity contribution < 1.29 is 18.9 Å². The van der Waals surface area contributed by atoms with E-state index in [1.165, 1.54) is 279 Å². The fourth-order valence-electron chi connectivity index (χ4n) is 11.8. The standard InChI is InChI=1S/C73H121Br2NO4/c1-4-7-10-13-16-19-22-25-28-31-34-37-41-47-56-78-71-59-64(63-77-55-46-44-40-45-54-76-69-61-65(74)50-52-67(69)68-53-51-66(75)62-70(68)76)60-72(79-57-48-42-38-35-32-29-26-23-20-17-14-11-8-5-2)73(71)80-58-49-43-39-36-33-30-27-24-21-18-15-12-9-6-3/h50-53,59-62H,4-49,54-58,63H2,1-3H3. The second kappa shape index (κ2) is 49.1. The number of hydrogen-bond acceptors (Lipinski definition) is 4. The van der Waals surface area contributed by atoms with Crippen LogP contribution in [0.4, 0.5) is 0 Å². The molecule has 4 rings (SSSR count). The minimum atomic E-state index is 0.550. The topological polar surface area (TPSA) is 41.9 Å². The highest BCUT2D eigenvalue weighted by Crippen LogP contribution is 2.40. The predicted molar refractivity (Wildman–Crippen MR) is 357 cm³/mol. The number of aryl methyl sites for hydroxylation is 1. The van der Waals surface area contributed by atoms with Gasteiger partial charge in [-0.2, -0.15) is 0 Å². The maximum Gasteiger partial charge on any atom is 0.203 e. The van der Waals surface area contributed by atoms with Crippen LogP contribution in [0.1, 0.15) is 322 Å². The van der Waals surface area contributed by atoms with Crippen LogP contribution in [0.2, 0.25) is 0 Å². The third-order valence-electron chi connectivity index (χ3n) is 16.8. The van der Waals surface area contributed by atoms with Crippen molar-refractivity contribution in [3.8, 4) is 17.2 Å². The Bertz CT molecular complexity index is 1950. The molecule has 7 heteroatoms. The average Bonchev–Trinajstić information content (AvgIpc) is 3.84. The molecule has 0 aliphatic carbocycles. The molecule has 0 saturated carbocycles. The number of benzene rings is 3. The Labute approximate surface area is 510 Å². The van der Waals surface area contributed by atoms with Gasteiger partial charge in [0.15, 0.2) is 11.5 Å². The van der Waals surface area contributed by atoms with E-state index in [4.69, 9.17) is 18.9 Å². The van der Waals surface area contributed by atoms with E-state index >= 15 is 0 Å². The van der Waals surface area contributed by atoms with Gasteiger partial charge in [0.2, 0.25) is 5.75 Å². The fraction of sp³-hybridized carbons (Fsp3) is 0.753. The summed E-state index contributed by atoms with van der Waals surface area (Å²) in [6.07, 6.45) is 61.4. The summed E-state index contributed by atoms with van der Waals surface area (Å²) in [5.74, 6) is 2.49. The minimum absolute atomic E-state index is 0.550. The third-order valence-corrected chi connectivity index (χ3v) is 17.8. The van der Waals surface area contributed by atoms with Crippen LogP contribution < -0.4 is 14.2 Å². The summed E-state index contributed by atoms with van der Waals surface area (Å²) in [5, 5.41) is 2.64. The first-order valence-corrected chi connectivity index (χ1v) is 36.1. The molecule has 0 bridgehead atoms. The van der Waals surface area contributed by atoms with Crippen molar-refractivity contribution in [1.82, 2.24) is 4.57 Å². The Balaban J connectivity index is 1.28. The largest absolute Gasteiger partial charge is 0.490 e. The van der Waals surface area contributed by atoms with Gasteiger partial charge in [-0.3, -0.25) is 0 Å². The van der Waals surface area contributed by atoms with Crippen LogP contribution in [0.25, 0.3) is 21.8 Å². The van der Waals surface area contributed by atoms with E-state index < -0.39 is 0 Å². The van der Waals surface area contributed by atoms with Gasteiger partial charge in [0.05, 0.1) is 37.5 Å². The molecule has 0 atom stereocenters. The lowest BCUT2D eigenvalue weighted by molar-refractivity contribution is 0.116. The Morgan fingerprint density at radius 3 is 0.938 bits per heavy atom. The van der Waals surface area contributed by atoms with Crippen molar-refractivity contribution in [2.24, 2.45) is 0 Å². The van der Waals surface area contributed by atoms with Crippen LogP contribution in [0.5, 0.6) is 17.2 Å². The predicted octanol–water partition coefficient (Wildman–Crippen LogP) is 25.7. The van der Waals surface area contributed by atoms with Crippen LogP contribution in [-0.2, 0) is 17.9 Å². The van der Waals surface area contributed by atoms with Gasteiger partial charge >= 0.3 is 0 Å². The quantitative estimate of drug-likeness (QED) is 0.0413. The maximum absolute atomic E-state index is 6.75. The van der Waals surface area contributed by atoms with Crippen molar-refractivity contribution in [2.45, 2.75) is 329 Å². The molecular formula is C73H121Br2NO4. The van der Waals surface area contributed by atoms with Crippen molar-refractivity contribution >= 4 is 53.7 Å². The van der Waals surface area contributed by atoms with Gasteiger partial charge in [0.1, 0.15) is 0 Å². The van der Waals surface area contributed by atoms with Gasteiger partial charge in [-0.15, -0.1) is 0 Å². The lowest BCUT2D eigenvalue weighted by atomic mass is 10.0. The summed E-state index contributed by atoms with van der Waals surface area (Å²) in [7, 11) is 0. The van der Waals surface area contributed by atoms with Gasteiger partial charge in [-0.05, 0) is 74.1 Å². The Hall–Kier alpha value is -2.22. The fourth-order valence-corrected chi connectivity index (χ4v) is 12.5. The summed E-state index contributed by atoms with van der Waals surface area (Å²) in [6, 6.07) is 17.7. The Kier molecular flexibility index (Phi) is 43.1. The summed E-state index contributed by atoms with van der Waals surface area (Å²) in [5.41, 5.74) is 3.71. The highest BCUT2D eigenvalue weighted by Gasteiger charge is 2.17. The van der Waals surface area contributed by atoms with E-state index in [0.717, 1.165) is 83.4 Å². The van der Waals surface area contributed by atoms with Gasteiger partial charge in [-0.1, -0.05) is 328 Å². The maximum atomic E-state index is 6.75. The highest BCUT2D eigenvalue weighted by atomic mass is 79.9. The molecule has 4 aromatic rings. The molecular weight excluding hydrogens is 1110 g/mol. The smallest absolute Gasteiger partial charge is 0.203 e. The van der Waals surface area contributed by atoms with E-state index in [9.17, 15) is 0 Å². The summed E-state index contributed by atoms with van der Waals surface area (Å²) in [6.45, 7) is 11.3. The Morgan fingerprint density at radius 1 is 0.312 bits per heavy atom. The molecule has 0 radical (unpaired) electrons. The van der Waals surface area contributed by atoms with Crippen LogP contribution >= 0.6 is 31.9 Å². The molecule has 0 saturated heterocycles. The molecule has 1 heterocycles. The number of hydrogen-bond donors (Lipinski definition) is 0. The first kappa shape index (κ1) is 70.3. The molecule has 0 spiro atoms. The van der Waals surface area contributed by atoms with E-state index in [-0.39, 0.29) is 0 Å². The molecule has 0 fully saturated rings. The van der Waals surface area contributed by atoms with Crippen LogP contribution in [-0.4, -0.2) is 31.0 Å². The number of halogens is 2. The molecule has 0 N–H and O–H groups in total. The molecule has 0 amide bonds. The van der Waals surface area contributed by atoms with Gasteiger partial charge < -0.3 is 23.5 Å². The first-order valence-electron chi connectivity index (χ1n) is 34.6. The van der Waals surface area contributed by atoms with Crippen molar-refractivity contribution in [3.63, 3.8) is 0 Å². The normalized spacial score (nSPS) is 11.7. The second-order valence-corrected chi connectivity index (χ2v) is 26.0. The molecule has 0 aliphatic heterocycles. The summed E-state index contributed by atoms with van der Waals surface area (Å²) >= 11 is 7.46. The number of ether oxygens (including phenoxy) is 4. The van der Waals surface area contributed by atoms with E-state index in [0.29, 0.717) is 26.4 Å². The SMILES string of the molecule is CCCCCCCCCCCCCCCCOc1cc(COCCCCCCn2c3cc(Br)ccc3c3ccc(Br)cc32)cc(OCCCCCCCCCCCCCCCC)c1OCCCCCCCCCCCCCCCC. The van der Waals surface area contributed by atoms with E-state index in [2.05, 4.69) is 106 Å². The average molecular weight is 1240 g/mol. The Morgan fingerprint density at radius 2 is 0.600 bits per heavy atom. The van der Waals surface area contributed by atoms with Crippen LogP contribution in [0.15, 0.2) is 57.5 Å². The molecule has 456 valence electrons. The second-order valence-electron chi connectivity index (χ2n) is 24.2. The zero-order chi connectivity index (χ0) is 56.6. The minimum Gasteiger partial charge on any atom is -0.490 e. The lowest BCUT2D eigenvalue weighted by Gasteiger charge is -2.19.